The van der Waals surface area contributed by atoms with Crippen LogP contribution in [0.4, 0.5) is 0 Å². The van der Waals surface area contributed by atoms with Crippen molar-refractivity contribution >= 4 is 28.4 Å². The van der Waals surface area contributed by atoms with Gasteiger partial charge in [-0.1, -0.05) is 24.9 Å². The van der Waals surface area contributed by atoms with Gasteiger partial charge in [-0.3, -0.25) is 4.79 Å². The molecule has 2 N–H and O–H groups in total. The maximum absolute atomic E-state index is 12.2. The number of halogens is 1. The first kappa shape index (κ1) is 13.1. The molecule has 4 heteroatoms. The Balaban J connectivity index is 2.32. The minimum absolute atomic E-state index is 0.0216. The molecule has 0 spiro atoms. The molecule has 2 aromatic rings. The molecule has 18 heavy (non-hydrogen) atoms. The molecule has 3 nitrogen and oxygen atoms in total. The lowest BCUT2D eigenvalue weighted by molar-refractivity contribution is 0.0891. The molecule has 1 heterocycles. The summed E-state index contributed by atoms with van der Waals surface area (Å²) >= 11 is 5.90. The van der Waals surface area contributed by atoms with Gasteiger partial charge in [0.25, 0.3) is 0 Å². The number of ketones is 1. The van der Waals surface area contributed by atoms with Crippen LogP contribution in [0.2, 0.25) is 5.02 Å². The Morgan fingerprint density at radius 2 is 2.22 bits per heavy atom. The highest BCUT2D eigenvalue weighted by molar-refractivity contribution is 6.31. The first-order valence-electron chi connectivity index (χ1n) is 6.09. The van der Waals surface area contributed by atoms with Gasteiger partial charge in [-0.25, -0.2) is 0 Å². The Morgan fingerprint density at radius 3 is 2.89 bits per heavy atom. The Bertz CT molecular complexity index is 562. The van der Waals surface area contributed by atoms with E-state index in [0.717, 1.165) is 18.2 Å². The van der Waals surface area contributed by atoms with Crippen molar-refractivity contribution in [3.63, 3.8) is 0 Å². The summed E-state index contributed by atoms with van der Waals surface area (Å²) in [7, 11) is 0. The highest BCUT2D eigenvalue weighted by atomic mass is 35.5. The van der Waals surface area contributed by atoms with Crippen LogP contribution >= 0.6 is 11.6 Å². The lowest BCUT2D eigenvalue weighted by atomic mass is 9.97. The minimum atomic E-state index is -0.161. The summed E-state index contributed by atoms with van der Waals surface area (Å²) in [5.41, 5.74) is 6.31. The summed E-state index contributed by atoms with van der Waals surface area (Å²) in [5.74, 6) is 0.189. The van der Waals surface area contributed by atoms with Crippen LogP contribution in [0.25, 0.3) is 11.0 Å². The number of furan rings is 1. The van der Waals surface area contributed by atoms with E-state index >= 15 is 0 Å². The SMILES string of the molecule is CCCC(CN)C(=O)c1cc2cc(Cl)ccc2o1. The van der Waals surface area contributed by atoms with Crippen molar-refractivity contribution in [1.82, 2.24) is 0 Å². The third-order valence-corrected chi connectivity index (χ3v) is 3.25. The molecule has 1 aromatic carbocycles. The molecule has 1 aromatic heterocycles. The van der Waals surface area contributed by atoms with Crippen LogP contribution in [-0.4, -0.2) is 12.3 Å². The minimum Gasteiger partial charge on any atom is -0.453 e. The fourth-order valence-corrected chi connectivity index (χ4v) is 2.22. The first-order valence-corrected chi connectivity index (χ1v) is 6.47. The third kappa shape index (κ3) is 2.57. The van der Waals surface area contributed by atoms with Gasteiger partial charge in [0.05, 0.1) is 0 Å². The molecule has 0 saturated heterocycles. The summed E-state index contributed by atoms with van der Waals surface area (Å²) in [6.45, 7) is 2.39. The molecule has 96 valence electrons. The number of carbonyl (C=O) groups excluding carboxylic acids is 1. The number of hydrogen-bond acceptors (Lipinski definition) is 3. The van der Waals surface area contributed by atoms with Gasteiger partial charge in [0.1, 0.15) is 5.58 Å². The molecule has 0 fully saturated rings. The Kier molecular flexibility index (Phi) is 4.04. The monoisotopic (exact) mass is 265 g/mol. The number of carbonyl (C=O) groups is 1. The van der Waals surface area contributed by atoms with E-state index in [2.05, 4.69) is 0 Å². The zero-order chi connectivity index (χ0) is 13.1. The molecule has 1 unspecified atom stereocenters. The fourth-order valence-electron chi connectivity index (χ4n) is 2.04. The summed E-state index contributed by atoms with van der Waals surface area (Å²) in [5, 5.41) is 1.48. The first-order chi connectivity index (χ1) is 8.65. The van der Waals surface area contributed by atoms with Crippen LogP contribution in [0.15, 0.2) is 28.7 Å². The van der Waals surface area contributed by atoms with Crippen molar-refractivity contribution in [2.75, 3.05) is 6.54 Å². The van der Waals surface area contributed by atoms with E-state index in [-0.39, 0.29) is 11.7 Å². The smallest absolute Gasteiger partial charge is 0.202 e. The molecular formula is C14H16ClNO2. The van der Waals surface area contributed by atoms with Gasteiger partial charge in [-0.2, -0.15) is 0 Å². The maximum atomic E-state index is 12.2. The van der Waals surface area contributed by atoms with E-state index in [1.165, 1.54) is 0 Å². The average molecular weight is 266 g/mol. The molecule has 0 aliphatic rings. The van der Waals surface area contributed by atoms with Crippen LogP contribution in [-0.2, 0) is 0 Å². The van der Waals surface area contributed by atoms with E-state index < -0.39 is 0 Å². The van der Waals surface area contributed by atoms with Gasteiger partial charge >= 0.3 is 0 Å². The quantitative estimate of drug-likeness (QED) is 0.840. The highest BCUT2D eigenvalue weighted by Gasteiger charge is 2.21. The second-order valence-corrected chi connectivity index (χ2v) is 4.81. The summed E-state index contributed by atoms with van der Waals surface area (Å²) in [6.07, 6.45) is 1.72. The number of fused-ring (bicyclic) bond motifs is 1. The van der Waals surface area contributed by atoms with Crippen molar-refractivity contribution in [2.45, 2.75) is 19.8 Å². The maximum Gasteiger partial charge on any atom is 0.202 e. The predicted molar refractivity (Wildman–Crippen MR) is 73.0 cm³/mol. The molecule has 1 atom stereocenters. The molecular weight excluding hydrogens is 250 g/mol. The number of nitrogens with two attached hydrogens (primary N) is 1. The van der Waals surface area contributed by atoms with Gasteiger partial charge < -0.3 is 10.2 Å². The van der Waals surface area contributed by atoms with Gasteiger partial charge in [0.2, 0.25) is 5.78 Å². The van der Waals surface area contributed by atoms with Gasteiger partial charge in [0, 0.05) is 22.9 Å². The van der Waals surface area contributed by atoms with E-state index in [1.807, 2.05) is 6.92 Å². The largest absolute Gasteiger partial charge is 0.453 e. The highest BCUT2D eigenvalue weighted by Crippen LogP contribution is 2.25. The van der Waals surface area contributed by atoms with E-state index in [9.17, 15) is 4.79 Å². The molecule has 0 aliphatic heterocycles. The molecule has 0 saturated carbocycles. The van der Waals surface area contributed by atoms with Gasteiger partial charge in [-0.05, 0) is 30.7 Å². The van der Waals surface area contributed by atoms with Crippen LogP contribution in [0.3, 0.4) is 0 Å². The second-order valence-electron chi connectivity index (χ2n) is 4.38. The van der Waals surface area contributed by atoms with E-state index in [1.54, 1.807) is 24.3 Å². The topological polar surface area (TPSA) is 56.2 Å². The van der Waals surface area contributed by atoms with Gasteiger partial charge in [-0.15, -0.1) is 0 Å². The summed E-state index contributed by atoms with van der Waals surface area (Å²) in [6, 6.07) is 7.04. The van der Waals surface area contributed by atoms with Crippen LogP contribution in [0.1, 0.15) is 30.3 Å². The normalized spacial score (nSPS) is 12.8. The molecule has 0 radical (unpaired) electrons. The Labute approximate surface area is 111 Å². The molecule has 2 rings (SSSR count). The molecule has 0 aliphatic carbocycles. The predicted octanol–water partition coefficient (Wildman–Crippen LogP) is 3.64. The van der Waals surface area contributed by atoms with Crippen molar-refractivity contribution in [3.8, 4) is 0 Å². The standard InChI is InChI=1S/C14H16ClNO2/c1-2-3-9(8-16)14(17)13-7-10-6-11(15)4-5-12(10)18-13/h4-7,9H,2-3,8,16H2,1H3. The Morgan fingerprint density at radius 1 is 1.44 bits per heavy atom. The number of Topliss-reactive ketones (excluding diaryl/α,β-unsaturated/α-hetero) is 1. The molecule has 0 amide bonds. The van der Waals surface area contributed by atoms with Crippen molar-refractivity contribution < 1.29 is 9.21 Å². The zero-order valence-electron chi connectivity index (χ0n) is 10.3. The number of hydrogen-bond donors (Lipinski definition) is 1. The number of rotatable bonds is 5. The van der Waals surface area contributed by atoms with Crippen molar-refractivity contribution in [1.29, 1.82) is 0 Å². The van der Waals surface area contributed by atoms with Crippen molar-refractivity contribution in [3.05, 3.63) is 35.0 Å². The van der Waals surface area contributed by atoms with Crippen LogP contribution < -0.4 is 5.73 Å². The number of benzene rings is 1. The zero-order valence-corrected chi connectivity index (χ0v) is 11.0. The van der Waals surface area contributed by atoms with Gasteiger partial charge in [0.15, 0.2) is 5.76 Å². The fraction of sp³-hybridized carbons (Fsp3) is 0.357. The van der Waals surface area contributed by atoms with Crippen LogP contribution in [0.5, 0.6) is 0 Å². The van der Waals surface area contributed by atoms with Crippen molar-refractivity contribution in [2.24, 2.45) is 11.7 Å². The average Bonchev–Trinajstić information content (AvgIpc) is 2.77. The third-order valence-electron chi connectivity index (χ3n) is 3.01. The summed E-state index contributed by atoms with van der Waals surface area (Å²) < 4.78 is 5.55. The van der Waals surface area contributed by atoms with E-state index in [0.29, 0.717) is 22.9 Å². The lowest BCUT2D eigenvalue weighted by Crippen LogP contribution is -2.23. The molecule has 0 bridgehead atoms. The Hall–Kier alpha value is -1.32. The lowest BCUT2D eigenvalue weighted by Gasteiger charge is -2.09. The summed E-state index contributed by atoms with van der Waals surface area (Å²) in [4.78, 5) is 12.2. The second kappa shape index (κ2) is 5.55. The van der Waals surface area contributed by atoms with Crippen LogP contribution in [0, 0.1) is 5.92 Å². The van der Waals surface area contributed by atoms with E-state index in [4.69, 9.17) is 21.8 Å².